The molecule has 0 bridgehead atoms. The first-order valence-corrected chi connectivity index (χ1v) is 9.53. The van der Waals surface area contributed by atoms with E-state index in [2.05, 4.69) is 57.0 Å². The molecule has 0 aliphatic carbocycles. The van der Waals surface area contributed by atoms with E-state index < -0.39 is 0 Å². The summed E-state index contributed by atoms with van der Waals surface area (Å²) in [7, 11) is 0. The Balaban J connectivity index is 1.60. The second-order valence-electron chi connectivity index (χ2n) is 6.68. The minimum absolute atomic E-state index is 0.0578. The van der Waals surface area contributed by atoms with Crippen LogP contribution in [0.25, 0.3) is 22.5 Å². The Hall–Kier alpha value is -3.80. The van der Waals surface area contributed by atoms with Crippen molar-refractivity contribution in [2.75, 3.05) is 4.90 Å². The number of hydrogen-bond acceptors (Lipinski definition) is 4. The molecule has 1 heterocycles. The van der Waals surface area contributed by atoms with Crippen molar-refractivity contribution in [1.29, 1.82) is 0 Å². The molecule has 0 saturated heterocycles. The van der Waals surface area contributed by atoms with E-state index in [9.17, 15) is 4.79 Å². The molecule has 0 spiro atoms. The summed E-state index contributed by atoms with van der Waals surface area (Å²) in [4.78, 5) is 14.5. The van der Waals surface area contributed by atoms with E-state index in [-0.39, 0.29) is 5.91 Å². The minimum Gasteiger partial charge on any atom is -0.308 e. The number of nitrogens with zero attached hydrogens (tertiary/aromatic N) is 4. The van der Waals surface area contributed by atoms with Crippen LogP contribution in [0.2, 0.25) is 0 Å². The molecule has 0 aliphatic rings. The maximum Gasteiger partial charge on any atom is 0.227 e. The molecule has 0 unspecified atom stereocenters. The Kier molecular flexibility index (Phi) is 5.42. The van der Waals surface area contributed by atoms with E-state index in [1.54, 1.807) is 4.90 Å². The maximum absolute atomic E-state index is 12.7. The zero-order valence-corrected chi connectivity index (χ0v) is 16.1. The van der Waals surface area contributed by atoms with Gasteiger partial charge in [0.1, 0.15) is 0 Å². The third-order valence-corrected chi connectivity index (χ3v) is 4.77. The molecule has 29 heavy (non-hydrogen) atoms. The van der Waals surface area contributed by atoms with Gasteiger partial charge in [-0.1, -0.05) is 73.7 Å². The quantitative estimate of drug-likeness (QED) is 0.533. The Morgan fingerprint density at radius 2 is 1.62 bits per heavy atom. The van der Waals surface area contributed by atoms with Crippen LogP contribution in [0.15, 0.2) is 78.9 Å². The highest BCUT2D eigenvalue weighted by Gasteiger charge is 2.16. The van der Waals surface area contributed by atoms with Crippen LogP contribution >= 0.6 is 0 Å². The predicted molar refractivity (Wildman–Crippen MR) is 113 cm³/mol. The number of carbonyl (C=O) groups is 1. The van der Waals surface area contributed by atoms with Crippen LogP contribution in [0, 0.1) is 0 Å². The van der Waals surface area contributed by atoms with Crippen LogP contribution in [0.1, 0.15) is 18.9 Å². The second-order valence-corrected chi connectivity index (χ2v) is 6.68. The van der Waals surface area contributed by atoms with Crippen molar-refractivity contribution in [3.8, 4) is 22.5 Å². The van der Waals surface area contributed by atoms with E-state index in [1.807, 2.05) is 49.4 Å². The number of benzene rings is 3. The summed E-state index contributed by atoms with van der Waals surface area (Å²) in [6.45, 7) is 2.37. The van der Waals surface area contributed by atoms with E-state index in [1.165, 1.54) is 5.56 Å². The number of rotatable bonds is 6. The molecule has 3 aromatic carbocycles. The van der Waals surface area contributed by atoms with Crippen LogP contribution in [-0.4, -0.2) is 26.5 Å². The zero-order chi connectivity index (χ0) is 20.1. The summed E-state index contributed by atoms with van der Waals surface area (Å²) in [6.07, 6.45) is 0.425. The summed E-state index contributed by atoms with van der Waals surface area (Å²) in [5.74, 6) is 0.561. The van der Waals surface area contributed by atoms with Gasteiger partial charge in [-0.2, -0.15) is 5.21 Å². The summed E-state index contributed by atoms with van der Waals surface area (Å²) in [5.41, 5.74) is 5.02. The highest BCUT2D eigenvalue weighted by Crippen LogP contribution is 2.25. The SMILES string of the molecule is CCC(=O)N(Cc1ccc(-c2ccccc2)cc1)c1cccc(-c2nn[nH]n2)c1. The summed E-state index contributed by atoms with van der Waals surface area (Å²) in [5, 5.41) is 14.1. The topological polar surface area (TPSA) is 74.8 Å². The standard InChI is InChI=1S/C23H21N5O/c1-2-22(29)28(21-10-6-9-20(15-21)23-24-26-27-25-23)16-17-11-13-19(14-12-17)18-7-4-3-5-8-18/h3-15H,2,16H2,1H3,(H,24,25,26,27). The number of aromatic nitrogens is 4. The normalized spacial score (nSPS) is 10.7. The number of H-pyrrole nitrogens is 1. The van der Waals surface area contributed by atoms with Gasteiger partial charge in [-0.25, -0.2) is 0 Å². The lowest BCUT2D eigenvalue weighted by Gasteiger charge is -2.23. The number of aromatic amines is 1. The van der Waals surface area contributed by atoms with Crippen molar-refractivity contribution in [3.05, 3.63) is 84.4 Å². The molecular weight excluding hydrogens is 362 g/mol. The van der Waals surface area contributed by atoms with Crippen LogP contribution < -0.4 is 4.90 Å². The first-order valence-electron chi connectivity index (χ1n) is 9.53. The molecule has 0 atom stereocenters. The first kappa shape index (κ1) is 18.6. The molecule has 0 aliphatic heterocycles. The van der Waals surface area contributed by atoms with Crippen molar-refractivity contribution < 1.29 is 4.79 Å². The van der Waals surface area contributed by atoms with Crippen molar-refractivity contribution in [2.24, 2.45) is 0 Å². The number of carbonyl (C=O) groups excluding carboxylic acids is 1. The van der Waals surface area contributed by atoms with Gasteiger partial charge in [0.15, 0.2) is 0 Å². The molecule has 0 radical (unpaired) electrons. The van der Waals surface area contributed by atoms with Gasteiger partial charge in [-0.3, -0.25) is 4.79 Å². The molecular formula is C23H21N5O. The lowest BCUT2D eigenvalue weighted by Crippen LogP contribution is -2.29. The van der Waals surface area contributed by atoms with Crippen LogP contribution in [0.3, 0.4) is 0 Å². The highest BCUT2D eigenvalue weighted by molar-refractivity contribution is 5.93. The summed E-state index contributed by atoms with van der Waals surface area (Å²) in [6, 6.07) is 26.2. The molecule has 144 valence electrons. The zero-order valence-electron chi connectivity index (χ0n) is 16.1. The molecule has 1 amide bonds. The average molecular weight is 383 g/mol. The highest BCUT2D eigenvalue weighted by atomic mass is 16.2. The predicted octanol–water partition coefficient (Wildman–Crippen LogP) is 4.48. The van der Waals surface area contributed by atoms with Gasteiger partial charge in [-0.15, -0.1) is 10.2 Å². The Labute approximate surface area is 169 Å². The minimum atomic E-state index is 0.0578. The van der Waals surface area contributed by atoms with E-state index in [0.29, 0.717) is 18.8 Å². The van der Waals surface area contributed by atoms with Crippen molar-refractivity contribution in [1.82, 2.24) is 20.6 Å². The Morgan fingerprint density at radius 1 is 0.897 bits per heavy atom. The van der Waals surface area contributed by atoms with Gasteiger partial charge in [0.25, 0.3) is 0 Å². The third-order valence-electron chi connectivity index (χ3n) is 4.77. The van der Waals surface area contributed by atoms with Crippen molar-refractivity contribution in [2.45, 2.75) is 19.9 Å². The first-order chi connectivity index (χ1) is 14.2. The number of tetrazole rings is 1. The van der Waals surface area contributed by atoms with E-state index in [4.69, 9.17) is 0 Å². The maximum atomic E-state index is 12.7. The molecule has 1 N–H and O–H groups in total. The summed E-state index contributed by atoms with van der Waals surface area (Å²) >= 11 is 0. The molecule has 0 saturated carbocycles. The van der Waals surface area contributed by atoms with Crippen LogP contribution in [0.5, 0.6) is 0 Å². The Morgan fingerprint density at radius 3 is 2.31 bits per heavy atom. The monoisotopic (exact) mass is 383 g/mol. The van der Waals surface area contributed by atoms with E-state index in [0.717, 1.165) is 22.4 Å². The van der Waals surface area contributed by atoms with Gasteiger partial charge in [0, 0.05) is 17.7 Å². The third kappa shape index (κ3) is 4.21. The van der Waals surface area contributed by atoms with Gasteiger partial charge >= 0.3 is 0 Å². The smallest absolute Gasteiger partial charge is 0.227 e. The molecule has 1 aromatic heterocycles. The molecule has 6 heteroatoms. The average Bonchev–Trinajstić information content (AvgIpc) is 3.33. The van der Waals surface area contributed by atoms with Crippen molar-refractivity contribution >= 4 is 11.6 Å². The van der Waals surface area contributed by atoms with Gasteiger partial charge < -0.3 is 4.90 Å². The Bertz CT molecular complexity index is 1080. The molecule has 6 nitrogen and oxygen atoms in total. The van der Waals surface area contributed by atoms with Crippen LogP contribution in [0.4, 0.5) is 5.69 Å². The van der Waals surface area contributed by atoms with Gasteiger partial charge in [-0.05, 0) is 34.0 Å². The number of amides is 1. The fourth-order valence-corrected chi connectivity index (χ4v) is 3.23. The fraction of sp³-hybridized carbons (Fsp3) is 0.130. The number of hydrogen-bond donors (Lipinski definition) is 1. The van der Waals surface area contributed by atoms with E-state index >= 15 is 0 Å². The second kappa shape index (κ2) is 8.48. The van der Waals surface area contributed by atoms with Gasteiger partial charge in [0.2, 0.25) is 11.7 Å². The summed E-state index contributed by atoms with van der Waals surface area (Å²) < 4.78 is 0. The number of nitrogens with one attached hydrogen (secondary N) is 1. The molecule has 4 rings (SSSR count). The van der Waals surface area contributed by atoms with Crippen molar-refractivity contribution in [3.63, 3.8) is 0 Å². The largest absolute Gasteiger partial charge is 0.308 e. The van der Waals surface area contributed by atoms with Gasteiger partial charge in [0.05, 0.1) is 6.54 Å². The molecule has 4 aromatic rings. The van der Waals surface area contributed by atoms with Crippen LogP contribution in [-0.2, 0) is 11.3 Å². The molecule has 0 fully saturated rings. The lowest BCUT2D eigenvalue weighted by molar-refractivity contribution is -0.118. The number of anilines is 1. The lowest BCUT2D eigenvalue weighted by atomic mass is 10.0. The fourth-order valence-electron chi connectivity index (χ4n) is 3.23.